The lowest BCUT2D eigenvalue weighted by Gasteiger charge is -2.25. The minimum absolute atomic E-state index is 0.180. The standard InChI is InChI=1S/C25H21N3O/c1-27(2)19-13-11-17(12-14-19)15-22-20-8-4-3-7-18(20)16-28-23-10-6-5-9-21(23)25(29)26-24(22)28/h3-15H,16H2,1-2H3/b22-15+. The van der Waals surface area contributed by atoms with Gasteiger partial charge >= 0.3 is 0 Å². The van der Waals surface area contributed by atoms with Gasteiger partial charge in [0.15, 0.2) is 0 Å². The van der Waals surface area contributed by atoms with Crippen molar-refractivity contribution in [2.45, 2.75) is 6.54 Å². The van der Waals surface area contributed by atoms with Crippen LogP contribution in [0.5, 0.6) is 0 Å². The van der Waals surface area contributed by atoms with Crippen molar-refractivity contribution in [2.24, 2.45) is 0 Å². The molecular weight excluding hydrogens is 358 g/mol. The molecule has 0 spiro atoms. The van der Waals surface area contributed by atoms with Crippen LogP contribution in [0.2, 0.25) is 0 Å². The summed E-state index contributed by atoms with van der Waals surface area (Å²) in [4.78, 5) is 19.3. The molecule has 3 aromatic carbocycles. The van der Waals surface area contributed by atoms with Gasteiger partial charge in [-0.2, -0.15) is 4.98 Å². The van der Waals surface area contributed by atoms with E-state index in [9.17, 15) is 4.79 Å². The van der Waals surface area contributed by atoms with Gasteiger partial charge in [-0.3, -0.25) is 4.79 Å². The average molecular weight is 379 g/mol. The number of anilines is 1. The molecule has 0 N–H and O–H groups in total. The van der Waals surface area contributed by atoms with Gasteiger partial charge in [0.2, 0.25) is 0 Å². The molecule has 0 radical (unpaired) electrons. The van der Waals surface area contributed by atoms with Crippen molar-refractivity contribution in [2.75, 3.05) is 19.0 Å². The summed E-state index contributed by atoms with van der Waals surface area (Å²) < 4.78 is 2.15. The Bertz CT molecular complexity index is 1310. The summed E-state index contributed by atoms with van der Waals surface area (Å²) in [5, 5.41) is 0.658. The number of hydrogen-bond acceptors (Lipinski definition) is 3. The monoisotopic (exact) mass is 379 g/mol. The van der Waals surface area contributed by atoms with Crippen molar-refractivity contribution in [1.29, 1.82) is 0 Å². The van der Waals surface area contributed by atoms with Crippen molar-refractivity contribution >= 4 is 28.2 Å². The molecule has 29 heavy (non-hydrogen) atoms. The molecule has 0 bridgehead atoms. The van der Waals surface area contributed by atoms with Crippen molar-refractivity contribution in [1.82, 2.24) is 9.55 Å². The van der Waals surface area contributed by atoms with Crippen molar-refractivity contribution < 1.29 is 0 Å². The highest BCUT2D eigenvalue weighted by atomic mass is 16.1. The lowest BCUT2D eigenvalue weighted by atomic mass is 9.93. The van der Waals surface area contributed by atoms with E-state index in [1.807, 2.05) is 44.4 Å². The van der Waals surface area contributed by atoms with Crippen LogP contribution in [0.3, 0.4) is 0 Å². The molecule has 142 valence electrons. The molecule has 2 heterocycles. The molecule has 5 rings (SSSR count). The number of para-hydroxylation sites is 1. The topological polar surface area (TPSA) is 38.1 Å². The first-order valence-corrected chi connectivity index (χ1v) is 9.69. The Hall–Kier alpha value is -3.66. The van der Waals surface area contributed by atoms with E-state index in [2.05, 4.69) is 63.0 Å². The summed E-state index contributed by atoms with van der Waals surface area (Å²) in [5.41, 5.74) is 6.31. The Balaban J connectivity index is 1.77. The Morgan fingerprint density at radius 3 is 2.45 bits per heavy atom. The third kappa shape index (κ3) is 2.93. The number of hydrogen-bond donors (Lipinski definition) is 0. The second-order valence-corrected chi connectivity index (χ2v) is 7.54. The van der Waals surface area contributed by atoms with Crippen LogP contribution in [-0.2, 0) is 6.54 Å². The van der Waals surface area contributed by atoms with Crippen LogP contribution in [0.4, 0.5) is 5.69 Å². The molecule has 0 saturated heterocycles. The highest BCUT2D eigenvalue weighted by Gasteiger charge is 2.23. The Morgan fingerprint density at radius 1 is 0.931 bits per heavy atom. The molecule has 0 aliphatic carbocycles. The van der Waals surface area contributed by atoms with E-state index < -0.39 is 0 Å². The number of fused-ring (bicyclic) bond motifs is 4. The second kappa shape index (κ2) is 6.74. The molecule has 4 nitrogen and oxygen atoms in total. The summed E-state index contributed by atoms with van der Waals surface area (Å²) in [6, 6.07) is 24.5. The van der Waals surface area contributed by atoms with E-state index in [-0.39, 0.29) is 5.56 Å². The van der Waals surface area contributed by atoms with E-state index in [0.29, 0.717) is 11.9 Å². The summed E-state index contributed by atoms with van der Waals surface area (Å²) in [6.45, 7) is 0.705. The van der Waals surface area contributed by atoms with Gasteiger partial charge in [0.05, 0.1) is 17.4 Å². The van der Waals surface area contributed by atoms with E-state index in [4.69, 9.17) is 0 Å². The Labute approximate surface area is 169 Å². The predicted molar refractivity (Wildman–Crippen MR) is 119 cm³/mol. The lowest BCUT2D eigenvalue weighted by molar-refractivity contribution is 0.763. The molecule has 1 aliphatic rings. The van der Waals surface area contributed by atoms with Crippen LogP contribution in [0.15, 0.2) is 77.6 Å². The largest absolute Gasteiger partial charge is 0.378 e. The zero-order valence-corrected chi connectivity index (χ0v) is 16.5. The smallest absolute Gasteiger partial charge is 0.281 e. The van der Waals surface area contributed by atoms with Gasteiger partial charge in [0.1, 0.15) is 5.82 Å². The third-order valence-corrected chi connectivity index (χ3v) is 5.49. The van der Waals surface area contributed by atoms with Gasteiger partial charge in [-0.05, 0) is 47.0 Å². The van der Waals surface area contributed by atoms with Crippen LogP contribution >= 0.6 is 0 Å². The quantitative estimate of drug-likeness (QED) is 0.456. The maximum Gasteiger partial charge on any atom is 0.281 e. The SMILES string of the molecule is CN(C)c1ccc(/C=C2\c3ccccc3Cn3c2nc(=O)c2ccccc23)cc1. The molecule has 0 unspecified atom stereocenters. The van der Waals surface area contributed by atoms with E-state index in [1.165, 1.54) is 5.56 Å². The van der Waals surface area contributed by atoms with Crippen LogP contribution in [-0.4, -0.2) is 23.6 Å². The van der Waals surface area contributed by atoms with Crippen molar-refractivity contribution in [3.05, 3.63) is 106 Å². The van der Waals surface area contributed by atoms with Gasteiger partial charge in [-0.25, -0.2) is 0 Å². The fourth-order valence-electron chi connectivity index (χ4n) is 3.98. The molecule has 1 aliphatic heterocycles. The first kappa shape index (κ1) is 17.4. The molecule has 0 saturated carbocycles. The fourth-order valence-corrected chi connectivity index (χ4v) is 3.98. The van der Waals surface area contributed by atoms with Gasteiger partial charge < -0.3 is 9.47 Å². The van der Waals surface area contributed by atoms with Crippen molar-refractivity contribution in [3.8, 4) is 0 Å². The first-order valence-electron chi connectivity index (χ1n) is 9.69. The van der Waals surface area contributed by atoms with Gasteiger partial charge in [-0.1, -0.05) is 48.5 Å². The van der Waals surface area contributed by atoms with E-state index >= 15 is 0 Å². The highest BCUT2D eigenvalue weighted by molar-refractivity contribution is 5.93. The molecule has 4 heteroatoms. The molecular formula is C25H21N3O. The number of aromatic nitrogens is 2. The molecule has 0 fully saturated rings. The summed E-state index contributed by atoms with van der Waals surface area (Å²) >= 11 is 0. The third-order valence-electron chi connectivity index (χ3n) is 5.49. The molecule has 0 atom stereocenters. The maximum atomic E-state index is 12.7. The highest BCUT2D eigenvalue weighted by Crippen LogP contribution is 2.34. The Morgan fingerprint density at radius 2 is 1.66 bits per heavy atom. The second-order valence-electron chi connectivity index (χ2n) is 7.54. The zero-order valence-electron chi connectivity index (χ0n) is 16.5. The van der Waals surface area contributed by atoms with Gasteiger partial charge in [0, 0.05) is 25.4 Å². The van der Waals surface area contributed by atoms with Gasteiger partial charge in [-0.15, -0.1) is 0 Å². The van der Waals surface area contributed by atoms with E-state index in [0.717, 1.165) is 33.7 Å². The average Bonchev–Trinajstić information content (AvgIpc) is 2.75. The summed E-state index contributed by atoms with van der Waals surface area (Å²) in [5.74, 6) is 0.726. The Kier molecular flexibility index (Phi) is 4.06. The minimum Gasteiger partial charge on any atom is -0.378 e. The summed E-state index contributed by atoms with van der Waals surface area (Å²) in [7, 11) is 4.06. The van der Waals surface area contributed by atoms with Crippen LogP contribution in [0.25, 0.3) is 22.6 Å². The normalized spacial score (nSPS) is 13.9. The fraction of sp³-hybridized carbons (Fsp3) is 0.120. The lowest BCUT2D eigenvalue weighted by Crippen LogP contribution is -2.23. The van der Waals surface area contributed by atoms with Crippen LogP contribution in [0.1, 0.15) is 22.5 Å². The number of rotatable bonds is 2. The molecule has 0 amide bonds. The molecule has 1 aromatic heterocycles. The maximum absolute atomic E-state index is 12.7. The van der Waals surface area contributed by atoms with Crippen LogP contribution < -0.4 is 10.5 Å². The number of benzene rings is 3. The number of nitrogens with zero attached hydrogens (tertiary/aromatic N) is 3. The summed E-state index contributed by atoms with van der Waals surface area (Å²) in [6.07, 6.45) is 2.13. The van der Waals surface area contributed by atoms with Crippen LogP contribution in [0, 0.1) is 0 Å². The zero-order chi connectivity index (χ0) is 20.0. The molecule has 4 aromatic rings. The minimum atomic E-state index is -0.180. The first-order chi connectivity index (χ1) is 14.1. The predicted octanol–water partition coefficient (Wildman–Crippen LogP) is 4.41. The van der Waals surface area contributed by atoms with Crippen molar-refractivity contribution in [3.63, 3.8) is 0 Å². The van der Waals surface area contributed by atoms with E-state index in [1.54, 1.807) is 0 Å². The van der Waals surface area contributed by atoms with Gasteiger partial charge in [0.25, 0.3) is 5.56 Å².